The molecule has 3 atom stereocenters. The number of carbonyl (C=O) groups excluding carboxylic acids is 4. The lowest BCUT2D eigenvalue weighted by Gasteiger charge is -2.29. The van der Waals surface area contributed by atoms with Gasteiger partial charge in [0, 0.05) is 28.4 Å². The monoisotopic (exact) mass is 489 g/mol. The van der Waals surface area contributed by atoms with Crippen LogP contribution in [-0.2, 0) is 14.4 Å². The number of nitrogens with two attached hydrogens (primary N) is 1. The standard InChI is InChI=1S/C24H32ClN5O4/c1-24(2,3)12-19(30-22(33)18-11-14-15(25)7-4-8-16(14)28-18)23(34)29-17(20(26)31)10-13-6-5-9-27-21(13)32/h4,7-8,11,13,17,19,28H,5-6,9-10,12H2,1-3H3,(H2,26,31)(H,27,32)(H,29,34)(H,30,33)/t13-,17-,19-/m0/s1. The van der Waals surface area contributed by atoms with E-state index in [1.54, 1.807) is 24.3 Å². The minimum Gasteiger partial charge on any atom is -0.368 e. The minimum atomic E-state index is -1.02. The summed E-state index contributed by atoms with van der Waals surface area (Å²) >= 11 is 6.21. The van der Waals surface area contributed by atoms with Gasteiger partial charge in [-0.05, 0) is 49.3 Å². The van der Waals surface area contributed by atoms with Gasteiger partial charge in [0.1, 0.15) is 17.8 Å². The van der Waals surface area contributed by atoms with Gasteiger partial charge in [-0.1, -0.05) is 38.4 Å². The second-order valence-corrected chi connectivity index (χ2v) is 10.4. The van der Waals surface area contributed by atoms with Crippen LogP contribution in [0.2, 0.25) is 5.02 Å². The molecule has 1 aliphatic rings. The lowest BCUT2D eigenvalue weighted by Crippen LogP contribution is -2.55. The van der Waals surface area contributed by atoms with Crippen LogP contribution in [0.15, 0.2) is 24.3 Å². The van der Waals surface area contributed by atoms with E-state index in [1.165, 1.54) is 0 Å². The number of benzene rings is 1. The summed E-state index contributed by atoms with van der Waals surface area (Å²) in [6.07, 6.45) is 1.86. The second-order valence-electron chi connectivity index (χ2n) is 10.0. The van der Waals surface area contributed by atoms with E-state index < -0.39 is 35.7 Å². The van der Waals surface area contributed by atoms with E-state index in [2.05, 4.69) is 20.9 Å². The predicted molar refractivity (Wildman–Crippen MR) is 130 cm³/mol. The summed E-state index contributed by atoms with van der Waals surface area (Å²) < 4.78 is 0. The van der Waals surface area contributed by atoms with Crippen LogP contribution < -0.4 is 21.7 Å². The number of amides is 4. The molecule has 1 aliphatic heterocycles. The van der Waals surface area contributed by atoms with Crippen LogP contribution in [0.5, 0.6) is 0 Å². The number of hydrogen-bond acceptors (Lipinski definition) is 4. The normalized spacial score (nSPS) is 18.1. The highest BCUT2D eigenvalue weighted by molar-refractivity contribution is 6.35. The molecule has 2 aromatic rings. The first kappa shape index (κ1) is 25.6. The van der Waals surface area contributed by atoms with E-state index in [-0.39, 0.29) is 23.4 Å². The number of aromatic nitrogens is 1. The number of piperidine rings is 1. The summed E-state index contributed by atoms with van der Waals surface area (Å²) in [5.41, 5.74) is 6.20. The molecule has 184 valence electrons. The van der Waals surface area contributed by atoms with Crippen molar-refractivity contribution in [3.63, 3.8) is 0 Å². The highest BCUT2D eigenvalue weighted by Gasteiger charge is 2.33. The largest absolute Gasteiger partial charge is 0.368 e. The van der Waals surface area contributed by atoms with Gasteiger partial charge in [-0.2, -0.15) is 0 Å². The van der Waals surface area contributed by atoms with E-state index >= 15 is 0 Å². The third kappa shape index (κ3) is 6.50. The number of rotatable bonds is 8. The molecular weight excluding hydrogens is 458 g/mol. The Kier molecular flexibility index (Phi) is 7.86. The van der Waals surface area contributed by atoms with Gasteiger partial charge in [-0.3, -0.25) is 19.2 Å². The maximum atomic E-state index is 13.2. The fourth-order valence-electron chi connectivity index (χ4n) is 4.16. The van der Waals surface area contributed by atoms with Gasteiger partial charge in [0.2, 0.25) is 17.7 Å². The van der Waals surface area contributed by atoms with Gasteiger partial charge >= 0.3 is 0 Å². The Labute approximate surface area is 203 Å². The average molecular weight is 490 g/mol. The summed E-state index contributed by atoms with van der Waals surface area (Å²) in [5, 5.41) is 9.41. The highest BCUT2D eigenvalue weighted by Crippen LogP contribution is 2.25. The van der Waals surface area contributed by atoms with Gasteiger partial charge in [-0.15, -0.1) is 0 Å². The highest BCUT2D eigenvalue weighted by atomic mass is 35.5. The van der Waals surface area contributed by atoms with Crippen LogP contribution in [0.3, 0.4) is 0 Å². The third-order valence-corrected chi connectivity index (χ3v) is 6.20. The zero-order valence-electron chi connectivity index (χ0n) is 19.7. The molecule has 0 bridgehead atoms. The zero-order valence-corrected chi connectivity index (χ0v) is 20.4. The molecule has 1 aromatic carbocycles. The summed E-state index contributed by atoms with van der Waals surface area (Å²) in [7, 11) is 0. The minimum absolute atomic E-state index is 0.115. The van der Waals surface area contributed by atoms with Crippen molar-refractivity contribution in [2.24, 2.45) is 17.1 Å². The zero-order chi connectivity index (χ0) is 25.0. The number of halogens is 1. The van der Waals surface area contributed by atoms with Gasteiger partial charge in [0.25, 0.3) is 5.91 Å². The maximum Gasteiger partial charge on any atom is 0.268 e. The van der Waals surface area contributed by atoms with Crippen molar-refractivity contribution in [3.8, 4) is 0 Å². The Hall–Kier alpha value is -3.07. The van der Waals surface area contributed by atoms with Gasteiger partial charge in [0.15, 0.2) is 0 Å². The van der Waals surface area contributed by atoms with Crippen molar-refractivity contribution >= 4 is 46.1 Å². The van der Waals surface area contributed by atoms with Crippen LogP contribution >= 0.6 is 11.6 Å². The van der Waals surface area contributed by atoms with E-state index in [0.29, 0.717) is 35.3 Å². The molecule has 0 aliphatic carbocycles. The number of nitrogens with one attached hydrogen (secondary N) is 4. The molecule has 0 unspecified atom stereocenters. The summed E-state index contributed by atoms with van der Waals surface area (Å²) in [4.78, 5) is 53.4. The van der Waals surface area contributed by atoms with Gasteiger partial charge < -0.3 is 26.7 Å². The molecule has 0 spiro atoms. The Morgan fingerprint density at radius 2 is 1.94 bits per heavy atom. The molecular formula is C24H32ClN5O4. The molecule has 1 fully saturated rings. The van der Waals surface area contributed by atoms with Gasteiger partial charge in [-0.25, -0.2) is 0 Å². The molecule has 1 saturated heterocycles. The lowest BCUT2D eigenvalue weighted by atomic mass is 9.87. The first-order chi connectivity index (χ1) is 15.9. The average Bonchev–Trinajstić information content (AvgIpc) is 3.19. The fourth-order valence-corrected chi connectivity index (χ4v) is 4.39. The van der Waals surface area contributed by atoms with E-state index in [9.17, 15) is 19.2 Å². The SMILES string of the molecule is CC(C)(C)C[C@H](NC(=O)c1cc2c(Cl)cccc2[nH]1)C(=O)N[C@@H](C[C@@H]1CCCNC1=O)C(N)=O. The Balaban J connectivity index is 1.76. The van der Waals surface area contributed by atoms with Crippen molar-refractivity contribution in [1.82, 2.24) is 20.9 Å². The summed E-state index contributed by atoms with van der Waals surface area (Å²) in [5.74, 6) is -2.28. The molecule has 2 heterocycles. The van der Waals surface area contributed by atoms with Crippen LogP contribution in [-0.4, -0.2) is 47.2 Å². The summed E-state index contributed by atoms with van der Waals surface area (Å²) in [6, 6.07) is 4.99. The van der Waals surface area contributed by atoms with Crippen molar-refractivity contribution in [1.29, 1.82) is 0 Å². The lowest BCUT2D eigenvalue weighted by molar-refractivity contribution is -0.131. The van der Waals surface area contributed by atoms with Gasteiger partial charge in [0.05, 0.1) is 0 Å². The van der Waals surface area contributed by atoms with Crippen molar-refractivity contribution < 1.29 is 19.2 Å². The van der Waals surface area contributed by atoms with E-state index in [1.807, 2.05) is 20.8 Å². The third-order valence-electron chi connectivity index (χ3n) is 5.87. The smallest absolute Gasteiger partial charge is 0.268 e. The molecule has 10 heteroatoms. The number of hydrogen-bond donors (Lipinski definition) is 5. The number of H-pyrrole nitrogens is 1. The van der Waals surface area contributed by atoms with Crippen LogP contribution in [0.4, 0.5) is 0 Å². The van der Waals surface area contributed by atoms with Crippen LogP contribution in [0.1, 0.15) is 56.9 Å². The van der Waals surface area contributed by atoms with Crippen molar-refractivity contribution in [2.45, 2.75) is 58.5 Å². The number of aromatic amines is 1. The van der Waals surface area contributed by atoms with Crippen molar-refractivity contribution in [3.05, 3.63) is 35.0 Å². The Morgan fingerprint density at radius 3 is 2.56 bits per heavy atom. The predicted octanol–water partition coefficient (Wildman–Crippen LogP) is 2.24. The molecule has 34 heavy (non-hydrogen) atoms. The quantitative estimate of drug-likeness (QED) is 0.387. The van der Waals surface area contributed by atoms with E-state index in [0.717, 1.165) is 6.42 Å². The molecule has 0 radical (unpaired) electrons. The topological polar surface area (TPSA) is 146 Å². The number of carbonyl (C=O) groups is 4. The maximum absolute atomic E-state index is 13.2. The van der Waals surface area contributed by atoms with Crippen LogP contribution in [0, 0.1) is 11.3 Å². The van der Waals surface area contributed by atoms with Crippen LogP contribution in [0.25, 0.3) is 10.9 Å². The Bertz CT molecular complexity index is 1090. The first-order valence-electron chi connectivity index (χ1n) is 11.4. The number of primary amides is 1. The molecule has 9 nitrogen and oxygen atoms in total. The molecule has 3 rings (SSSR count). The van der Waals surface area contributed by atoms with Crippen molar-refractivity contribution in [2.75, 3.05) is 6.54 Å². The molecule has 6 N–H and O–H groups in total. The van der Waals surface area contributed by atoms with E-state index in [4.69, 9.17) is 17.3 Å². The summed E-state index contributed by atoms with van der Waals surface area (Å²) in [6.45, 7) is 6.43. The first-order valence-corrected chi connectivity index (χ1v) is 11.8. The second kappa shape index (κ2) is 10.5. The Morgan fingerprint density at radius 1 is 1.21 bits per heavy atom. The molecule has 0 saturated carbocycles. The number of fused-ring (bicyclic) bond motifs is 1. The molecule has 4 amide bonds. The fraction of sp³-hybridized carbons (Fsp3) is 0.500. The molecule has 1 aromatic heterocycles.